The van der Waals surface area contributed by atoms with Crippen molar-refractivity contribution in [3.63, 3.8) is 0 Å². The van der Waals surface area contributed by atoms with Gasteiger partial charge in [-0.15, -0.1) is 11.8 Å². The van der Waals surface area contributed by atoms with Crippen LogP contribution >= 0.6 is 46.6 Å². The Morgan fingerprint density at radius 2 is 1.84 bits per heavy atom. The normalized spacial score (nSPS) is 17.9. The molecule has 0 aromatic heterocycles. The van der Waals surface area contributed by atoms with Gasteiger partial charge in [0, 0.05) is 28.4 Å². The first-order valence-corrected chi connectivity index (χ1v) is 13.6. The number of hydrogen-bond donors (Lipinski definition) is 1. The third-order valence-corrected chi connectivity index (χ3v) is 9.16. The minimum atomic E-state index is -3.96. The van der Waals surface area contributed by atoms with Crippen molar-refractivity contribution in [3.05, 3.63) is 57.5 Å². The topological polar surface area (TPSA) is 77.9 Å². The molecular formula is C21H23Cl3N2O4S2. The van der Waals surface area contributed by atoms with Crippen molar-refractivity contribution >= 4 is 68.2 Å². The van der Waals surface area contributed by atoms with Gasteiger partial charge in [0.05, 0.1) is 15.6 Å². The lowest BCUT2D eigenvalue weighted by molar-refractivity contribution is -0.139. The molecule has 0 saturated carbocycles. The minimum absolute atomic E-state index is 0.0895. The highest BCUT2D eigenvalue weighted by Gasteiger charge is 2.33. The van der Waals surface area contributed by atoms with Crippen molar-refractivity contribution < 1.29 is 18.3 Å². The molecule has 0 amide bonds. The van der Waals surface area contributed by atoms with Gasteiger partial charge in [-0.05, 0) is 68.8 Å². The molecule has 1 fully saturated rings. The van der Waals surface area contributed by atoms with Crippen LogP contribution in [0.25, 0.3) is 0 Å². The van der Waals surface area contributed by atoms with Crippen molar-refractivity contribution in [3.8, 4) is 0 Å². The second kappa shape index (κ2) is 10.8. The van der Waals surface area contributed by atoms with E-state index >= 15 is 0 Å². The molecule has 1 unspecified atom stereocenters. The van der Waals surface area contributed by atoms with Crippen LogP contribution in [0, 0.1) is 0 Å². The zero-order valence-corrected chi connectivity index (χ0v) is 21.1. The van der Waals surface area contributed by atoms with Gasteiger partial charge < -0.3 is 5.11 Å². The highest BCUT2D eigenvalue weighted by molar-refractivity contribution is 8.00. The number of hydrogen-bond acceptors (Lipinski definition) is 5. The van der Waals surface area contributed by atoms with Crippen LogP contribution in [0.15, 0.2) is 47.4 Å². The Labute approximate surface area is 207 Å². The Morgan fingerprint density at radius 3 is 2.50 bits per heavy atom. The Hall–Kier alpha value is -1.16. The Bertz CT molecular complexity index is 1070. The highest BCUT2D eigenvalue weighted by Crippen LogP contribution is 2.36. The van der Waals surface area contributed by atoms with Gasteiger partial charge in [0.2, 0.25) is 0 Å². The lowest BCUT2D eigenvalue weighted by atomic mass is 10.1. The molecule has 0 spiro atoms. The molecule has 32 heavy (non-hydrogen) atoms. The largest absolute Gasteiger partial charge is 0.479 e. The minimum Gasteiger partial charge on any atom is -0.479 e. The molecular weight excluding hydrogens is 515 g/mol. The fraction of sp³-hybridized carbons (Fsp3) is 0.381. The van der Waals surface area contributed by atoms with E-state index in [0.29, 0.717) is 41.7 Å². The van der Waals surface area contributed by atoms with E-state index < -0.39 is 27.4 Å². The van der Waals surface area contributed by atoms with E-state index in [9.17, 15) is 18.3 Å². The molecule has 1 heterocycles. The molecule has 0 bridgehead atoms. The number of sulfonamides is 1. The van der Waals surface area contributed by atoms with Crippen LogP contribution < -0.4 is 4.31 Å². The van der Waals surface area contributed by atoms with E-state index in [1.165, 1.54) is 46.4 Å². The van der Waals surface area contributed by atoms with Gasteiger partial charge >= 0.3 is 5.97 Å². The van der Waals surface area contributed by atoms with E-state index in [1.54, 1.807) is 19.1 Å². The second-order valence-electron chi connectivity index (χ2n) is 7.44. The van der Waals surface area contributed by atoms with Crippen LogP contribution in [-0.2, 0) is 14.8 Å². The van der Waals surface area contributed by atoms with Crippen molar-refractivity contribution in [2.45, 2.75) is 36.1 Å². The van der Waals surface area contributed by atoms with E-state index in [4.69, 9.17) is 34.8 Å². The summed E-state index contributed by atoms with van der Waals surface area (Å²) in [5.74, 6) is -0.0833. The molecule has 1 aliphatic heterocycles. The molecule has 2 aromatic carbocycles. The molecule has 11 heteroatoms. The van der Waals surface area contributed by atoms with E-state index in [0.717, 1.165) is 5.75 Å². The summed E-state index contributed by atoms with van der Waals surface area (Å²) in [6, 6.07) is 10.2. The fourth-order valence-electron chi connectivity index (χ4n) is 3.65. The van der Waals surface area contributed by atoms with E-state index in [-0.39, 0.29) is 9.92 Å². The summed E-state index contributed by atoms with van der Waals surface area (Å²) < 4.78 is 28.5. The maximum absolute atomic E-state index is 13.6. The van der Waals surface area contributed by atoms with Gasteiger partial charge in [-0.25, -0.2) is 13.2 Å². The number of anilines is 1. The molecule has 1 saturated heterocycles. The van der Waals surface area contributed by atoms with Crippen LogP contribution in [-0.4, -0.2) is 54.7 Å². The van der Waals surface area contributed by atoms with Crippen LogP contribution in [0.4, 0.5) is 5.69 Å². The third kappa shape index (κ3) is 5.85. The number of thioether (sulfide) groups is 1. The smallest absolute Gasteiger partial charge is 0.331 e. The standard InChI is InChI=1S/C21H23Cl3N2O4S2/c1-14(3-2-10-25-11-12-31-20(25)21(27)28)26(19-13-16(23)6-9-18(19)24)32(29,30)17-7-4-15(22)5-8-17/h4-9,13-14,20H,2-3,10-12H2,1H3,(H,27,28)/t14-,20?/m1/s1. The Balaban J connectivity index is 1.86. The molecule has 3 rings (SSSR count). The summed E-state index contributed by atoms with van der Waals surface area (Å²) in [6.07, 6.45) is 1.12. The number of nitrogens with zero attached hydrogens (tertiary/aromatic N) is 2. The van der Waals surface area contributed by atoms with Crippen molar-refractivity contribution in [2.24, 2.45) is 0 Å². The summed E-state index contributed by atoms with van der Waals surface area (Å²) in [7, 11) is -3.96. The molecule has 6 nitrogen and oxygen atoms in total. The average Bonchev–Trinajstić information content (AvgIpc) is 3.20. The molecule has 174 valence electrons. The first-order chi connectivity index (χ1) is 15.1. The van der Waals surface area contributed by atoms with Gasteiger partial charge in [0.25, 0.3) is 10.0 Å². The quantitative estimate of drug-likeness (QED) is 0.457. The number of carboxylic acid groups (broad SMARTS) is 1. The third-order valence-electron chi connectivity index (χ3n) is 5.18. The zero-order valence-electron chi connectivity index (χ0n) is 17.2. The van der Waals surface area contributed by atoms with Crippen LogP contribution in [0.5, 0.6) is 0 Å². The highest BCUT2D eigenvalue weighted by atomic mass is 35.5. The molecule has 1 aliphatic rings. The summed E-state index contributed by atoms with van der Waals surface area (Å²) in [5, 5.41) is 9.86. The van der Waals surface area contributed by atoms with Crippen LogP contribution in [0.2, 0.25) is 15.1 Å². The summed E-state index contributed by atoms with van der Waals surface area (Å²) in [5.41, 5.74) is 0.293. The van der Waals surface area contributed by atoms with Crippen molar-refractivity contribution in [2.75, 3.05) is 23.1 Å². The number of benzene rings is 2. The van der Waals surface area contributed by atoms with Crippen LogP contribution in [0.1, 0.15) is 19.8 Å². The second-order valence-corrected chi connectivity index (χ2v) is 11.7. The molecule has 2 aromatic rings. The summed E-state index contributed by atoms with van der Waals surface area (Å²) in [4.78, 5) is 13.4. The maximum Gasteiger partial charge on any atom is 0.331 e. The first kappa shape index (κ1) is 25.5. The van der Waals surface area contributed by atoms with Crippen molar-refractivity contribution in [1.82, 2.24) is 4.90 Å². The number of aliphatic carboxylic acids is 1. The molecule has 0 radical (unpaired) electrons. The maximum atomic E-state index is 13.6. The molecule has 1 N–H and O–H groups in total. The van der Waals surface area contributed by atoms with Gasteiger partial charge in [-0.2, -0.15) is 0 Å². The van der Waals surface area contributed by atoms with E-state index in [2.05, 4.69) is 0 Å². The lowest BCUT2D eigenvalue weighted by Crippen LogP contribution is -2.40. The predicted molar refractivity (Wildman–Crippen MR) is 132 cm³/mol. The number of rotatable bonds is 9. The average molecular weight is 538 g/mol. The van der Waals surface area contributed by atoms with Crippen molar-refractivity contribution in [1.29, 1.82) is 0 Å². The van der Waals surface area contributed by atoms with Gasteiger partial charge in [0.1, 0.15) is 0 Å². The van der Waals surface area contributed by atoms with Crippen LogP contribution in [0.3, 0.4) is 0 Å². The number of carbonyl (C=O) groups is 1. The number of halogens is 3. The Morgan fingerprint density at radius 1 is 1.19 bits per heavy atom. The number of carboxylic acids is 1. The summed E-state index contributed by atoms with van der Waals surface area (Å²) >= 11 is 19.9. The van der Waals surface area contributed by atoms with Gasteiger partial charge in [-0.1, -0.05) is 34.8 Å². The van der Waals surface area contributed by atoms with Gasteiger partial charge in [-0.3, -0.25) is 9.21 Å². The Kier molecular flexibility index (Phi) is 8.63. The lowest BCUT2D eigenvalue weighted by Gasteiger charge is -2.32. The molecule has 0 aliphatic carbocycles. The SMILES string of the molecule is C[C@H](CCCN1CCSC1C(=O)O)N(c1cc(Cl)ccc1Cl)S(=O)(=O)c1ccc(Cl)cc1. The monoisotopic (exact) mass is 536 g/mol. The zero-order chi connectivity index (χ0) is 23.5. The van der Waals surface area contributed by atoms with E-state index in [1.807, 2.05) is 4.90 Å². The molecule has 2 atom stereocenters. The summed E-state index contributed by atoms with van der Waals surface area (Å²) in [6.45, 7) is 3.06. The van der Waals surface area contributed by atoms with Gasteiger partial charge in [0.15, 0.2) is 5.37 Å². The fourth-order valence-corrected chi connectivity index (χ4v) is 7.02. The predicted octanol–water partition coefficient (Wildman–Crippen LogP) is 5.47. The first-order valence-electron chi connectivity index (χ1n) is 9.95.